The van der Waals surface area contributed by atoms with Crippen molar-refractivity contribution in [2.45, 2.75) is 6.04 Å². The number of pyridine rings is 1. The summed E-state index contributed by atoms with van der Waals surface area (Å²) in [4.78, 5) is 4.56. The maximum absolute atomic E-state index is 5.45. The van der Waals surface area contributed by atoms with Crippen LogP contribution in [-0.2, 0) is 0 Å². The van der Waals surface area contributed by atoms with Crippen molar-refractivity contribution in [3.05, 3.63) is 40.5 Å². The Balaban J connectivity index is 2.63. The Morgan fingerprint density at radius 2 is 2.19 bits per heavy atom. The summed E-state index contributed by atoms with van der Waals surface area (Å²) in [6.45, 7) is 0. The molecule has 0 aliphatic heterocycles. The van der Waals surface area contributed by atoms with E-state index >= 15 is 0 Å². The van der Waals surface area contributed by atoms with E-state index in [-0.39, 0.29) is 6.04 Å². The molecular weight excluding hydrogens is 264 g/mol. The zero-order valence-electron chi connectivity index (χ0n) is 8.87. The molecule has 1 aromatic carbocycles. The summed E-state index contributed by atoms with van der Waals surface area (Å²) in [5.41, 5.74) is 1.81. The third kappa shape index (κ3) is 1.95. The first kappa shape index (κ1) is 11.1. The first-order valence-corrected chi connectivity index (χ1v) is 5.74. The number of benzene rings is 1. The Kier molecular flexibility index (Phi) is 3.23. The van der Waals surface area contributed by atoms with Crippen LogP contribution in [0.4, 0.5) is 0 Å². The zero-order chi connectivity index (χ0) is 11.5. The van der Waals surface area contributed by atoms with Crippen LogP contribution in [0.3, 0.4) is 0 Å². The van der Waals surface area contributed by atoms with Gasteiger partial charge in [-0.1, -0.05) is 24.1 Å². The van der Waals surface area contributed by atoms with E-state index in [9.17, 15) is 0 Å². The topological polar surface area (TPSA) is 24.9 Å². The van der Waals surface area contributed by atoms with E-state index < -0.39 is 0 Å². The van der Waals surface area contributed by atoms with Gasteiger partial charge >= 0.3 is 0 Å². The highest BCUT2D eigenvalue weighted by Crippen LogP contribution is 2.25. The molecule has 0 aliphatic rings. The van der Waals surface area contributed by atoms with E-state index in [1.54, 1.807) is 0 Å². The number of halogens is 1. The summed E-state index contributed by atoms with van der Waals surface area (Å²) < 4.78 is 0.934. The fraction of sp³-hybridized carbons (Fsp3) is 0.154. The lowest BCUT2D eigenvalue weighted by molar-refractivity contribution is 0.713. The van der Waals surface area contributed by atoms with Crippen molar-refractivity contribution in [1.82, 2.24) is 10.3 Å². The molecule has 3 heteroatoms. The first-order chi connectivity index (χ1) is 7.76. The van der Waals surface area contributed by atoms with Gasteiger partial charge in [0.1, 0.15) is 6.04 Å². The molecule has 0 saturated carbocycles. The molecule has 0 radical (unpaired) electrons. The van der Waals surface area contributed by atoms with Gasteiger partial charge in [-0.25, -0.2) is 4.98 Å². The summed E-state index contributed by atoms with van der Waals surface area (Å²) in [7, 11) is 1.83. The van der Waals surface area contributed by atoms with Gasteiger partial charge in [-0.15, -0.1) is 6.42 Å². The van der Waals surface area contributed by atoms with Gasteiger partial charge in [-0.2, -0.15) is 0 Å². The molecule has 1 atom stereocenters. The van der Waals surface area contributed by atoms with Crippen molar-refractivity contribution in [1.29, 1.82) is 0 Å². The zero-order valence-corrected chi connectivity index (χ0v) is 10.5. The number of aromatic nitrogens is 1. The van der Waals surface area contributed by atoms with Crippen molar-refractivity contribution in [2.75, 3.05) is 7.05 Å². The van der Waals surface area contributed by atoms with Crippen molar-refractivity contribution in [3.8, 4) is 12.3 Å². The van der Waals surface area contributed by atoms with Gasteiger partial charge in [0.2, 0.25) is 0 Å². The number of hydrogen-bond acceptors (Lipinski definition) is 2. The minimum absolute atomic E-state index is 0.168. The summed E-state index contributed by atoms with van der Waals surface area (Å²) in [5.74, 6) is 2.67. The van der Waals surface area contributed by atoms with Gasteiger partial charge in [0, 0.05) is 9.86 Å². The molecule has 2 rings (SSSR count). The van der Waals surface area contributed by atoms with E-state index in [0.717, 1.165) is 21.1 Å². The molecule has 1 unspecified atom stereocenters. The summed E-state index contributed by atoms with van der Waals surface area (Å²) >= 11 is 3.50. The number of rotatable bonds is 2. The molecule has 16 heavy (non-hydrogen) atoms. The molecule has 1 heterocycles. The fourth-order valence-electron chi connectivity index (χ4n) is 1.61. The van der Waals surface area contributed by atoms with Crippen LogP contribution in [0.1, 0.15) is 11.7 Å². The van der Waals surface area contributed by atoms with Crippen LogP contribution < -0.4 is 5.32 Å². The Morgan fingerprint density at radius 1 is 1.44 bits per heavy atom. The molecule has 0 saturated heterocycles. The number of terminal acetylenes is 1. The lowest BCUT2D eigenvalue weighted by Crippen LogP contribution is -2.16. The second-order valence-corrected chi connectivity index (χ2v) is 4.29. The van der Waals surface area contributed by atoms with Crippen LogP contribution in [0.5, 0.6) is 0 Å². The van der Waals surface area contributed by atoms with Gasteiger partial charge in [-0.05, 0) is 35.1 Å². The number of fused-ring (bicyclic) bond motifs is 1. The van der Waals surface area contributed by atoms with Gasteiger partial charge in [0.25, 0.3) is 0 Å². The lowest BCUT2D eigenvalue weighted by atomic mass is 10.1. The molecule has 1 N–H and O–H groups in total. The maximum Gasteiger partial charge on any atom is 0.112 e. The van der Waals surface area contributed by atoms with Crippen LogP contribution in [0.25, 0.3) is 10.9 Å². The molecule has 1 aromatic heterocycles. The fourth-order valence-corrected chi connectivity index (χ4v) is 2.17. The molecular formula is C13H11BrN2. The highest BCUT2D eigenvalue weighted by Gasteiger charge is 2.12. The second kappa shape index (κ2) is 4.65. The number of nitrogens with zero attached hydrogens (tertiary/aromatic N) is 1. The summed E-state index contributed by atoms with van der Waals surface area (Å²) in [6, 6.07) is 9.85. The first-order valence-electron chi connectivity index (χ1n) is 4.95. The Labute approximate surface area is 103 Å². The summed E-state index contributed by atoms with van der Waals surface area (Å²) in [6.07, 6.45) is 5.45. The van der Waals surface area contributed by atoms with Gasteiger partial charge in [-0.3, -0.25) is 0 Å². The average molecular weight is 275 g/mol. The molecule has 0 bridgehead atoms. The van der Waals surface area contributed by atoms with Crippen LogP contribution in [-0.4, -0.2) is 12.0 Å². The van der Waals surface area contributed by atoms with Gasteiger partial charge in [0.15, 0.2) is 0 Å². The SMILES string of the molecule is C#CC(NC)c1nc2ccccc2cc1Br. The van der Waals surface area contributed by atoms with E-state index in [1.807, 2.05) is 37.4 Å². The van der Waals surface area contributed by atoms with Crippen LogP contribution in [0.2, 0.25) is 0 Å². The van der Waals surface area contributed by atoms with Crippen molar-refractivity contribution >= 4 is 26.8 Å². The van der Waals surface area contributed by atoms with E-state index in [0.29, 0.717) is 0 Å². The van der Waals surface area contributed by atoms with Crippen LogP contribution in [0.15, 0.2) is 34.8 Å². The number of nitrogens with one attached hydrogen (secondary N) is 1. The minimum Gasteiger partial charge on any atom is -0.302 e. The molecule has 0 fully saturated rings. The Bertz CT molecular complexity index is 557. The minimum atomic E-state index is -0.168. The molecule has 2 nitrogen and oxygen atoms in total. The number of para-hydroxylation sites is 1. The second-order valence-electron chi connectivity index (χ2n) is 3.44. The monoisotopic (exact) mass is 274 g/mol. The third-order valence-corrected chi connectivity index (χ3v) is 3.07. The van der Waals surface area contributed by atoms with E-state index in [2.05, 4.69) is 32.2 Å². The smallest absolute Gasteiger partial charge is 0.112 e. The number of hydrogen-bond donors (Lipinski definition) is 1. The predicted octanol–water partition coefficient (Wildman–Crippen LogP) is 2.89. The molecule has 80 valence electrons. The lowest BCUT2D eigenvalue weighted by Gasteiger charge is -2.11. The predicted molar refractivity (Wildman–Crippen MR) is 70.1 cm³/mol. The largest absolute Gasteiger partial charge is 0.302 e. The highest BCUT2D eigenvalue weighted by atomic mass is 79.9. The highest BCUT2D eigenvalue weighted by molar-refractivity contribution is 9.10. The van der Waals surface area contributed by atoms with Crippen molar-refractivity contribution in [3.63, 3.8) is 0 Å². The van der Waals surface area contributed by atoms with Crippen LogP contribution in [0, 0.1) is 12.3 Å². The van der Waals surface area contributed by atoms with Crippen molar-refractivity contribution < 1.29 is 0 Å². The van der Waals surface area contributed by atoms with Crippen LogP contribution >= 0.6 is 15.9 Å². The Hall–Kier alpha value is -1.37. The van der Waals surface area contributed by atoms with E-state index in [1.165, 1.54) is 0 Å². The molecule has 0 amide bonds. The standard InChI is InChI=1S/C13H11BrN2/c1-3-11(15-2)13-10(14)8-9-6-4-5-7-12(9)16-13/h1,4-8,11,15H,2H3. The van der Waals surface area contributed by atoms with Gasteiger partial charge < -0.3 is 5.32 Å². The molecule has 0 aliphatic carbocycles. The summed E-state index contributed by atoms with van der Waals surface area (Å²) in [5, 5.41) is 4.15. The third-order valence-electron chi connectivity index (χ3n) is 2.43. The van der Waals surface area contributed by atoms with Crippen molar-refractivity contribution in [2.24, 2.45) is 0 Å². The van der Waals surface area contributed by atoms with Gasteiger partial charge in [0.05, 0.1) is 11.2 Å². The normalized spacial score (nSPS) is 12.3. The molecule has 0 spiro atoms. The average Bonchev–Trinajstić information content (AvgIpc) is 2.31. The molecule has 2 aromatic rings. The quantitative estimate of drug-likeness (QED) is 0.852. The Morgan fingerprint density at radius 3 is 2.88 bits per heavy atom. The maximum atomic E-state index is 5.45. The van der Waals surface area contributed by atoms with E-state index in [4.69, 9.17) is 6.42 Å².